The first-order valence-electron chi connectivity index (χ1n) is 6.94. The fraction of sp³-hybridized carbons (Fsp3) is 0.467. The molecule has 2 aromatic rings. The number of aliphatic hydroxyl groups excluding tert-OH is 1. The predicted octanol–water partition coefficient (Wildman–Crippen LogP) is 2.92. The Morgan fingerprint density at radius 1 is 1.33 bits per heavy atom. The summed E-state index contributed by atoms with van der Waals surface area (Å²) in [6.45, 7) is 1.79. The van der Waals surface area contributed by atoms with Crippen LogP contribution in [0.4, 0.5) is 0 Å². The van der Waals surface area contributed by atoms with Gasteiger partial charge in [0.1, 0.15) is 5.75 Å². The van der Waals surface area contributed by atoms with Crippen LogP contribution in [0.25, 0.3) is 0 Å². The molecule has 6 heteroatoms. The summed E-state index contributed by atoms with van der Waals surface area (Å²) in [7, 11) is 1.65. The molecule has 0 saturated heterocycles. The summed E-state index contributed by atoms with van der Waals surface area (Å²) >= 11 is 1.52. The van der Waals surface area contributed by atoms with Crippen molar-refractivity contribution < 1.29 is 14.3 Å². The van der Waals surface area contributed by atoms with Crippen LogP contribution in [-0.4, -0.2) is 34.3 Å². The summed E-state index contributed by atoms with van der Waals surface area (Å²) in [5.74, 6) is 2.26. The van der Waals surface area contributed by atoms with E-state index in [-0.39, 0.29) is 6.10 Å². The smallest absolute Gasteiger partial charge is 0.276 e. The zero-order valence-corrected chi connectivity index (χ0v) is 13.1. The molecule has 1 aromatic carbocycles. The van der Waals surface area contributed by atoms with Gasteiger partial charge in [-0.1, -0.05) is 30.0 Å². The third-order valence-corrected chi connectivity index (χ3v) is 3.88. The fourth-order valence-electron chi connectivity index (χ4n) is 1.92. The molecule has 5 nitrogen and oxygen atoms in total. The van der Waals surface area contributed by atoms with Gasteiger partial charge >= 0.3 is 0 Å². The van der Waals surface area contributed by atoms with Crippen LogP contribution in [0.5, 0.6) is 5.75 Å². The molecule has 0 bridgehead atoms. The Bertz CT molecular complexity index is 557. The number of thioether (sulfide) groups is 1. The van der Waals surface area contributed by atoms with Crippen molar-refractivity contribution in [2.45, 2.75) is 37.5 Å². The van der Waals surface area contributed by atoms with Crippen molar-refractivity contribution in [3.63, 3.8) is 0 Å². The third kappa shape index (κ3) is 5.06. The van der Waals surface area contributed by atoms with E-state index in [0.717, 1.165) is 29.9 Å². The molecule has 0 aliphatic heterocycles. The van der Waals surface area contributed by atoms with Crippen LogP contribution in [0.3, 0.4) is 0 Å². The monoisotopic (exact) mass is 308 g/mol. The van der Waals surface area contributed by atoms with Crippen molar-refractivity contribution in [1.82, 2.24) is 10.2 Å². The summed E-state index contributed by atoms with van der Waals surface area (Å²) in [6.07, 6.45) is 2.02. The quantitative estimate of drug-likeness (QED) is 0.597. The molecule has 0 fully saturated rings. The molecule has 1 heterocycles. The molecular weight excluding hydrogens is 288 g/mol. The minimum absolute atomic E-state index is 0.255. The minimum atomic E-state index is -0.255. The lowest BCUT2D eigenvalue weighted by Crippen LogP contribution is -1.99. The molecule has 0 amide bonds. The number of benzene rings is 1. The van der Waals surface area contributed by atoms with Crippen molar-refractivity contribution in [2.24, 2.45) is 0 Å². The topological polar surface area (TPSA) is 68.4 Å². The maximum absolute atomic E-state index is 9.19. The van der Waals surface area contributed by atoms with Gasteiger partial charge in [0, 0.05) is 11.3 Å². The van der Waals surface area contributed by atoms with Crippen LogP contribution in [0.2, 0.25) is 0 Å². The van der Waals surface area contributed by atoms with Gasteiger partial charge in [-0.2, -0.15) is 0 Å². The van der Waals surface area contributed by atoms with Gasteiger partial charge in [0.05, 0.1) is 19.6 Å². The lowest BCUT2D eigenvalue weighted by Gasteiger charge is -2.05. The van der Waals surface area contributed by atoms with Crippen molar-refractivity contribution in [3.8, 4) is 5.75 Å². The average Bonchev–Trinajstić information content (AvgIpc) is 2.91. The molecule has 0 saturated carbocycles. The zero-order valence-electron chi connectivity index (χ0n) is 12.3. The van der Waals surface area contributed by atoms with E-state index < -0.39 is 0 Å². The lowest BCUT2D eigenvalue weighted by atomic mass is 10.1. The van der Waals surface area contributed by atoms with E-state index in [1.54, 1.807) is 14.0 Å². The average molecular weight is 308 g/mol. The SMILES string of the molecule is COc1ccccc1Cc1nnc(SCCC[C@@H](C)O)o1. The second kappa shape index (κ2) is 8.05. The van der Waals surface area contributed by atoms with E-state index in [4.69, 9.17) is 9.15 Å². The minimum Gasteiger partial charge on any atom is -0.496 e. The van der Waals surface area contributed by atoms with Crippen LogP contribution >= 0.6 is 11.8 Å². The van der Waals surface area contributed by atoms with E-state index in [9.17, 15) is 5.11 Å². The van der Waals surface area contributed by atoms with Crippen LogP contribution < -0.4 is 4.74 Å². The molecule has 114 valence electrons. The second-order valence-electron chi connectivity index (χ2n) is 4.79. The fourth-order valence-corrected chi connectivity index (χ4v) is 2.66. The summed E-state index contributed by atoms with van der Waals surface area (Å²) in [6, 6.07) is 7.79. The Labute approximate surface area is 128 Å². The number of rotatable bonds is 8. The normalized spacial score (nSPS) is 12.3. The van der Waals surface area contributed by atoms with Gasteiger partial charge in [-0.3, -0.25) is 0 Å². The van der Waals surface area contributed by atoms with Crippen molar-refractivity contribution in [2.75, 3.05) is 12.9 Å². The highest BCUT2D eigenvalue weighted by Crippen LogP contribution is 2.23. The third-order valence-electron chi connectivity index (χ3n) is 2.97. The Morgan fingerprint density at radius 3 is 2.90 bits per heavy atom. The van der Waals surface area contributed by atoms with Gasteiger partial charge in [-0.25, -0.2) is 0 Å². The van der Waals surface area contributed by atoms with Crippen molar-refractivity contribution >= 4 is 11.8 Å². The number of para-hydroxylation sites is 1. The van der Waals surface area contributed by atoms with E-state index in [2.05, 4.69) is 10.2 Å². The largest absolute Gasteiger partial charge is 0.496 e. The van der Waals surface area contributed by atoms with Crippen molar-refractivity contribution in [1.29, 1.82) is 0 Å². The summed E-state index contributed by atoms with van der Waals surface area (Å²) in [5, 5.41) is 17.9. The van der Waals surface area contributed by atoms with E-state index >= 15 is 0 Å². The van der Waals surface area contributed by atoms with Gasteiger partial charge in [0.15, 0.2) is 0 Å². The number of methoxy groups -OCH3 is 1. The highest BCUT2D eigenvalue weighted by atomic mass is 32.2. The molecule has 1 atom stereocenters. The number of hydrogen-bond donors (Lipinski definition) is 1. The Hall–Kier alpha value is -1.53. The maximum atomic E-state index is 9.19. The molecule has 0 radical (unpaired) electrons. The molecule has 1 N–H and O–H groups in total. The first kappa shape index (κ1) is 15.9. The Morgan fingerprint density at radius 2 is 2.14 bits per heavy atom. The first-order valence-corrected chi connectivity index (χ1v) is 7.92. The number of nitrogens with zero attached hydrogens (tertiary/aromatic N) is 2. The molecule has 0 aliphatic carbocycles. The predicted molar refractivity (Wildman–Crippen MR) is 81.7 cm³/mol. The van der Waals surface area contributed by atoms with Crippen molar-refractivity contribution in [3.05, 3.63) is 35.7 Å². The lowest BCUT2D eigenvalue weighted by molar-refractivity contribution is 0.184. The summed E-state index contributed by atoms with van der Waals surface area (Å²) in [5.41, 5.74) is 1.02. The van der Waals surface area contributed by atoms with Gasteiger partial charge in [-0.05, 0) is 25.8 Å². The number of aromatic nitrogens is 2. The van der Waals surface area contributed by atoms with Crippen LogP contribution in [0, 0.1) is 0 Å². The molecule has 2 rings (SSSR count). The van der Waals surface area contributed by atoms with Crippen LogP contribution in [-0.2, 0) is 6.42 Å². The summed E-state index contributed by atoms with van der Waals surface area (Å²) in [4.78, 5) is 0. The second-order valence-corrected chi connectivity index (χ2v) is 5.84. The molecule has 0 aliphatic rings. The molecule has 0 unspecified atom stereocenters. The van der Waals surface area contributed by atoms with E-state index in [1.807, 2.05) is 24.3 Å². The van der Waals surface area contributed by atoms with E-state index in [1.165, 1.54) is 11.8 Å². The maximum Gasteiger partial charge on any atom is 0.276 e. The first-order chi connectivity index (χ1) is 10.2. The van der Waals surface area contributed by atoms with Gasteiger partial charge in [-0.15, -0.1) is 10.2 Å². The highest BCUT2D eigenvalue weighted by Gasteiger charge is 2.10. The molecule has 21 heavy (non-hydrogen) atoms. The number of hydrogen-bond acceptors (Lipinski definition) is 6. The Kier molecular flexibility index (Phi) is 6.07. The van der Waals surface area contributed by atoms with Gasteiger partial charge in [0.25, 0.3) is 5.22 Å². The van der Waals surface area contributed by atoms with Gasteiger partial charge < -0.3 is 14.3 Å². The van der Waals surface area contributed by atoms with Crippen LogP contribution in [0.1, 0.15) is 31.2 Å². The molecular formula is C15H20N2O3S. The highest BCUT2D eigenvalue weighted by molar-refractivity contribution is 7.99. The number of aliphatic hydroxyl groups is 1. The standard InChI is InChI=1S/C15H20N2O3S/c1-11(18)6-5-9-21-15-17-16-14(20-15)10-12-7-3-4-8-13(12)19-2/h3-4,7-8,11,18H,5-6,9-10H2,1-2H3/t11-/m1/s1. The zero-order chi connectivity index (χ0) is 15.1. The molecule has 0 spiro atoms. The van der Waals surface area contributed by atoms with Crippen LogP contribution in [0.15, 0.2) is 33.9 Å². The van der Waals surface area contributed by atoms with Gasteiger partial charge in [0.2, 0.25) is 5.89 Å². The summed E-state index contributed by atoms with van der Waals surface area (Å²) < 4.78 is 10.9. The number of ether oxygens (including phenoxy) is 1. The Balaban J connectivity index is 1.88. The molecule has 1 aromatic heterocycles. The van der Waals surface area contributed by atoms with E-state index in [0.29, 0.717) is 17.5 Å².